The molecule has 0 amide bonds. The van der Waals surface area contributed by atoms with Crippen LogP contribution in [0.3, 0.4) is 0 Å². The minimum absolute atomic E-state index is 0.140. The van der Waals surface area contributed by atoms with Crippen LogP contribution in [-0.2, 0) is 0 Å². The standard InChI is InChI=1S/C28H34N2O6/c1-29-9-11-30(12-10-29)13-14-34-21-16-22(31)28-23(32)18-25(36-27(28)17-21)19-7-8-24(33-2)26(15-19)35-20-5-3-4-6-20/h7-8,15-18,20,31H,3-6,9-14H2,1-2H3. The smallest absolute Gasteiger partial charge is 0.197 e. The molecule has 36 heavy (non-hydrogen) atoms. The van der Waals surface area contributed by atoms with E-state index in [1.54, 1.807) is 13.2 Å². The summed E-state index contributed by atoms with van der Waals surface area (Å²) in [6.07, 6.45) is 4.54. The average molecular weight is 495 g/mol. The lowest BCUT2D eigenvalue weighted by molar-refractivity contribution is 0.133. The fraction of sp³-hybridized carbons (Fsp3) is 0.464. The van der Waals surface area contributed by atoms with Crippen molar-refractivity contribution in [2.75, 3.05) is 53.5 Å². The van der Waals surface area contributed by atoms with Gasteiger partial charge in [-0.2, -0.15) is 0 Å². The number of phenolic OH excluding ortho intramolecular Hbond substituents is 1. The van der Waals surface area contributed by atoms with Gasteiger partial charge in [-0.25, -0.2) is 0 Å². The lowest BCUT2D eigenvalue weighted by Crippen LogP contribution is -2.45. The first-order valence-corrected chi connectivity index (χ1v) is 12.7. The van der Waals surface area contributed by atoms with Crippen molar-refractivity contribution in [3.8, 4) is 34.3 Å². The van der Waals surface area contributed by atoms with E-state index in [1.165, 1.54) is 12.1 Å². The maximum absolute atomic E-state index is 12.9. The Morgan fingerprint density at radius 1 is 1.03 bits per heavy atom. The Kier molecular flexibility index (Phi) is 7.34. The first kappa shape index (κ1) is 24.5. The molecule has 1 aliphatic carbocycles. The van der Waals surface area contributed by atoms with Gasteiger partial charge in [0.2, 0.25) is 0 Å². The van der Waals surface area contributed by atoms with Gasteiger partial charge in [0.15, 0.2) is 16.9 Å². The number of hydrogen-bond donors (Lipinski definition) is 1. The molecule has 0 spiro atoms. The summed E-state index contributed by atoms with van der Waals surface area (Å²) in [4.78, 5) is 17.6. The highest BCUT2D eigenvalue weighted by Gasteiger charge is 2.20. The second-order valence-electron chi connectivity index (χ2n) is 9.67. The summed E-state index contributed by atoms with van der Waals surface area (Å²) in [5, 5.41) is 10.7. The van der Waals surface area contributed by atoms with Crippen molar-refractivity contribution in [2.24, 2.45) is 0 Å². The normalized spacial score (nSPS) is 17.5. The lowest BCUT2D eigenvalue weighted by Gasteiger charge is -2.32. The predicted octanol–water partition coefficient (Wildman–Crippen LogP) is 4.12. The highest BCUT2D eigenvalue weighted by atomic mass is 16.5. The van der Waals surface area contributed by atoms with Gasteiger partial charge in [-0.15, -0.1) is 0 Å². The summed E-state index contributed by atoms with van der Waals surface area (Å²) in [5.74, 6) is 1.98. The van der Waals surface area contributed by atoms with E-state index in [0.29, 0.717) is 35.2 Å². The van der Waals surface area contributed by atoms with Gasteiger partial charge in [-0.3, -0.25) is 9.69 Å². The number of likely N-dealkylation sites (N-methyl/N-ethyl adjacent to an activating group) is 1. The van der Waals surface area contributed by atoms with E-state index in [4.69, 9.17) is 18.6 Å². The number of phenols is 1. The molecule has 1 saturated heterocycles. The van der Waals surface area contributed by atoms with Crippen LogP contribution in [0.5, 0.6) is 23.0 Å². The number of fused-ring (bicyclic) bond motifs is 1. The molecule has 0 unspecified atom stereocenters. The molecule has 192 valence electrons. The summed E-state index contributed by atoms with van der Waals surface area (Å²) in [7, 11) is 3.74. The van der Waals surface area contributed by atoms with Crippen LogP contribution in [0.4, 0.5) is 0 Å². The molecule has 8 heteroatoms. The number of aromatic hydroxyl groups is 1. The predicted molar refractivity (Wildman–Crippen MR) is 138 cm³/mol. The number of nitrogens with zero attached hydrogens (tertiary/aromatic N) is 2. The van der Waals surface area contributed by atoms with Crippen LogP contribution >= 0.6 is 0 Å². The van der Waals surface area contributed by atoms with E-state index in [2.05, 4.69) is 16.8 Å². The zero-order chi connectivity index (χ0) is 25.1. The van der Waals surface area contributed by atoms with Gasteiger partial charge in [0.05, 0.1) is 13.2 Å². The van der Waals surface area contributed by atoms with Crippen LogP contribution in [0, 0.1) is 0 Å². The molecule has 3 aromatic rings. The summed E-state index contributed by atoms with van der Waals surface area (Å²) in [6, 6.07) is 10.0. The first-order valence-electron chi connectivity index (χ1n) is 12.7. The van der Waals surface area contributed by atoms with Crippen molar-refractivity contribution < 1.29 is 23.7 Å². The maximum Gasteiger partial charge on any atom is 0.197 e. The Labute approximate surface area is 211 Å². The minimum Gasteiger partial charge on any atom is -0.507 e. The van der Waals surface area contributed by atoms with E-state index in [9.17, 15) is 9.90 Å². The van der Waals surface area contributed by atoms with Crippen LogP contribution in [0.2, 0.25) is 0 Å². The van der Waals surface area contributed by atoms with E-state index < -0.39 is 0 Å². The molecule has 8 nitrogen and oxygen atoms in total. The number of methoxy groups -OCH3 is 1. The Bertz CT molecular complexity index is 1260. The molecule has 2 aliphatic rings. The minimum atomic E-state index is -0.318. The fourth-order valence-corrected chi connectivity index (χ4v) is 4.94. The second kappa shape index (κ2) is 10.8. The van der Waals surface area contributed by atoms with E-state index in [1.807, 2.05) is 18.2 Å². The number of ether oxygens (including phenoxy) is 3. The Hall–Kier alpha value is -3.23. The maximum atomic E-state index is 12.9. The highest BCUT2D eigenvalue weighted by molar-refractivity contribution is 5.86. The zero-order valence-electron chi connectivity index (χ0n) is 21.0. The average Bonchev–Trinajstić information content (AvgIpc) is 3.38. The molecule has 0 bridgehead atoms. The third kappa shape index (κ3) is 5.44. The monoisotopic (exact) mass is 494 g/mol. The molecule has 0 atom stereocenters. The van der Waals surface area contributed by atoms with Crippen LogP contribution in [0.1, 0.15) is 25.7 Å². The molecule has 5 rings (SSSR count). The van der Waals surface area contributed by atoms with Crippen molar-refractivity contribution in [1.29, 1.82) is 0 Å². The van der Waals surface area contributed by atoms with Crippen LogP contribution < -0.4 is 19.6 Å². The molecule has 1 aliphatic heterocycles. The number of hydrogen-bond acceptors (Lipinski definition) is 8. The molecular formula is C28H34N2O6. The molecular weight excluding hydrogens is 460 g/mol. The Balaban J connectivity index is 1.38. The van der Waals surface area contributed by atoms with Crippen LogP contribution in [0.15, 0.2) is 45.6 Å². The van der Waals surface area contributed by atoms with Gasteiger partial charge in [0.1, 0.15) is 34.8 Å². The molecule has 1 aromatic heterocycles. The van der Waals surface area contributed by atoms with Crippen molar-refractivity contribution in [1.82, 2.24) is 9.80 Å². The van der Waals surface area contributed by atoms with E-state index in [0.717, 1.165) is 58.4 Å². The number of benzene rings is 2. The van der Waals surface area contributed by atoms with Crippen LogP contribution in [0.25, 0.3) is 22.3 Å². The summed E-state index contributed by atoms with van der Waals surface area (Å²) < 4.78 is 23.7. The summed E-state index contributed by atoms with van der Waals surface area (Å²) in [5.41, 5.74) is 0.659. The first-order chi connectivity index (χ1) is 17.5. The third-order valence-electron chi connectivity index (χ3n) is 7.10. The molecule has 1 N–H and O–H groups in total. The van der Waals surface area contributed by atoms with Gasteiger partial charge in [-0.1, -0.05) is 0 Å². The topological polar surface area (TPSA) is 84.6 Å². The highest BCUT2D eigenvalue weighted by Crippen LogP contribution is 2.37. The summed E-state index contributed by atoms with van der Waals surface area (Å²) >= 11 is 0. The van der Waals surface area contributed by atoms with E-state index >= 15 is 0 Å². The van der Waals surface area contributed by atoms with Crippen molar-refractivity contribution in [3.63, 3.8) is 0 Å². The molecule has 1 saturated carbocycles. The van der Waals surface area contributed by atoms with Gasteiger partial charge >= 0.3 is 0 Å². The Morgan fingerprint density at radius 2 is 1.81 bits per heavy atom. The molecule has 2 heterocycles. The van der Waals surface area contributed by atoms with Gasteiger partial charge in [0, 0.05) is 56.5 Å². The van der Waals surface area contributed by atoms with Crippen LogP contribution in [-0.4, -0.2) is 74.5 Å². The lowest BCUT2D eigenvalue weighted by atomic mass is 10.1. The fourth-order valence-electron chi connectivity index (χ4n) is 4.94. The Morgan fingerprint density at radius 3 is 2.56 bits per heavy atom. The van der Waals surface area contributed by atoms with Crippen molar-refractivity contribution >= 4 is 11.0 Å². The van der Waals surface area contributed by atoms with Gasteiger partial charge < -0.3 is 28.6 Å². The van der Waals surface area contributed by atoms with Crippen molar-refractivity contribution in [2.45, 2.75) is 31.8 Å². The SMILES string of the molecule is COc1ccc(-c2cc(=O)c3c(O)cc(OCCN4CCN(C)CC4)cc3o2)cc1OC1CCCC1. The van der Waals surface area contributed by atoms with Gasteiger partial charge in [0.25, 0.3) is 0 Å². The number of piperazine rings is 1. The molecule has 2 aromatic carbocycles. The molecule has 2 fully saturated rings. The van der Waals surface area contributed by atoms with E-state index in [-0.39, 0.29) is 28.3 Å². The molecule has 0 radical (unpaired) electrons. The zero-order valence-corrected chi connectivity index (χ0v) is 21.0. The second-order valence-corrected chi connectivity index (χ2v) is 9.67. The summed E-state index contributed by atoms with van der Waals surface area (Å²) in [6.45, 7) is 5.39. The van der Waals surface area contributed by atoms with Crippen molar-refractivity contribution in [3.05, 3.63) is 46.6 Å². The van der Waals surface area contributed by atoms with Gasteiger partial charge in [-0.05, 0) is 50.9 Å². The largest absolute Gasteiger partial charge is 0.507 e. The quantitative estimate of drug-likeness (QED) is 0.501. The number of rotatable bonds is 8. The third-order valence-corrected chi connectivity index (χ3v) is 7.10.